The lowest BCUT2D eigenvalue weighted by atomic mass is 10.0. The van der Waals surface area contributed by atoms with Crippen molar-refractivity contribution in [3.05, 3.63) is 71.8 Å². The van der Waals surface area contributed by atoms with Crippen LogP contribution in [0, 0.1) is 0 Å². The number of nitrogens with zero attached hydrogens (tertiary/aromatic N) is 3. The molecule has 2 aromatic carbocycles. The third-order valence-electron chi connectivity index (χ3n) is 6.24. The van der Waals surface area contributed by atoms with Gasteiger partial charge in [-0.05, 0) is 25.0 Å². The fourth-order valence-electron chi connectivity index (χ4n) is 4.17. The van der Waals surface area contributed by atoms with Crippen molar-refractivity contribution in [1.82, 2.24) is 20.0 Å². The Morgan fingerprint density at radius 1 is 0.886 bits per heavy atom. The fourth-order valence-corrected chi connectivity index (χ4v) is 4.17. The molecule has 188 valence electrons. The molecule has 1 fully saturated rings. The molecule has 1 heterocycles. The number of benzene rings is 2. The van der Waals surface area contributed by atoms with Crippen molar-refractivity contribution in [2.75, 3.05) is 45.8 Å². The second-order valence-corrected chi connectivity index (χ2v) is 8.62. The number of hydrogen-bond acceptors (Lipinski definition) is 5. The summed E-state index contributed by atoms with van der Waals surface area (Å²) >= 11 is 0. The molecule has 0 radical (unpaired) electrons. The molecular formula is C27H36N4O4. The molecule has 0 unspecified atom stereocenters. The maximum Gasteiger partial charge on any atom is 0.408 e. The van der Waals surface area contributed by atoms with E-state index in [0.29, 0.717) is 52.2 Å². The molecular weight excluding hydrogens is 444 g/mol. The number of nitrogens with one attached hydrogen (secondary N) is 1. The SMILES string of the molecule is CCN(CC)C(=O)CN1CCN(C(=O)[C@H](Cc2ccccc2)NC(=O)OCc2ccccc2)CC1. The quantitative estimate of drug-likeness (QED) is 0.565. The van der Waals surface area contributed by atoms with E-state index >= 15 is 0 Å². The topological polar surface area (TPSA) is 82.2 Å². The summed E-state index contributed by atoms with van der Waals surface area (Å²) in [4.78, 5) is 44.0. The molecule has 0 spiro atoms. The third-order valence-corrected chi connectivity index (χ3v) is 6.24. The number of piperazine rings is 1. The number of alkyl carbamates (subject to hydrolysis) is 1. The summed E-state index contributed by atoms with van der Waals surface area (Å²) in [5, 5.41) is 2.78. The maximum atomic E-state index is 13.4. The van der Waals surface area contributed by atoms with Gasteiger partial charge in [-0.2, -0.15) is 0 Å². The van der Waals surface area contributed by atoms with Crippen molar-refractivity contribution in [2.45, 2.75) is 32.9 Å². The predicted octanol–water partition coefficient (Wildman–Crippen LogP) is 2.54. The summed E-state index contributed by atoms with van der Waals surface area (Å²) in [6.07, 6.45) is -0.243. The van der Waals surface area contributed by atoms with Crippen molar-refractivity contribution in [1.29, 1.82) is 0 Å². The first kappa shape index (κ1) is 26.2. The van der Waals surface area contributed by atoms with Crippen LogP contribution in [0.4, 0.5) is 4.79 Å². The highest BCUT2D eigenvalue weighted by Gasteiger charge is 2.30. The predicted molar refractivity (Wildman–Crippen MR) is 135 cm³/mol. The summed E-state index contributed by atoms with van der Waals surface area (Å²) < 4.78 is 5.37. The number of carbonyl (C=O) groups is 3. The Hall–Kier alpha value is -3.39. The van der Waals surface area contributed by atoms with E-state index in [1.807, 2.05) is 79.4 Å². The average molecular weight is 481 g/mol. The smallest absolute Gasteiger partial charge is 0.408 e. The number of rotatable bonds is 10. The van der Waals surface area contributed by atoms with Gasteiger partial charge in [0.15, 0.2) is 0 Å². The van der Waals surface area contributed by atoms with Crippen LogP contribution in [0.5, 0.6) is 0 Å². The minimum atomic E-state index is -0.732. The minimum Gasteiger partial charge on any atom is -0.445 e. The van der Waals surface area contributed by atoms with Crippen molar-refractivity contribution in [3.8, 4) is 0 Å². The first-order chi connectivity index (χ1) is 17.0. The van der Waals surface area contributed by atoms with Gasteiger partial charge in [0.25, 0.3) is 0 Å². The Balaban J connectivity index is 1.58. The van der Waals surface area contributed by atoms with E-state index in [1.165, 1.54) is 0 Å². The number of hydrogen-bond donors (Lipinski definition) is 1. The minimum absolute atomic E-state index is 0.111. The van der Waals surface area contributed by atoms with Crippen LogP contribution in [-0.2, 0) is 27.4 Å². The molecule has 8 heteroatoms. The zero-order chi connectivity index (χ0) is 25.0. The van der Waals surface area contributed by atoms with Crippen molar-refractivity contribution >= 4 is 17.9 Å². The molecule has 3 rings (SSSR count). The lowest BCUT2D eigenvalue weighted by molar-refractivity contribution is -0.136. The molecule has 35 heavy (non-hydrogen) atoms. The lowest BCUT2D eigenvalue weighted by Crippen LogP contribution is -2.56. The number of likely N-dealkylation sites (N-methyl/N-ethyl adjacent to an activating group) is 1. The molecule has 1 aliphatic rings. The van der Waals surface area contributed by atoms with E-state index in [9.17, 15) is 14.4 Å². The van der Waals surface area contributed by atoms with Gasteiger partial charge in [0, 0.05) is 45.7 Å². The lowest BCUT2D eigenvalue weighted by Gasteiger charge is -2.36. The highest BCUT2D eigenvalue weighted by atomic mass is 16.5. The Labute approximate surface area is 207 Å². The van der Waals surface area contributed by atoms with Crippen molar-refractivity contribution < 1.29 is 19.1 Å². The van der Waals surface area contributed by atoms with Gasteiger partial charge in [-0.3, -0.25) is 14.5 Å². The van der Waals surface area contributed by atoms with Gasteiger partial charge in [0.2, 0.25) is 11.8 Å². The number of amides is 3. The summed E-state index contributed by atoms with van der Waals surface area (Å²) in [7, 11) is 0. The van der Waals surface area contributed by atoms with Crippen LogP contribution >= 0.6 is 0 Å². The highest BCUT2D eigenvalue weighted by Crippen LogP contribution is 2.10. The molecule has 8 nitrogen and oxygen atoms in total. The van der Waals surface area contributed by atoms with E-state index in [-0.39, 0.29) is 18.4 Å². The monoisotopic (exact) mass is 480 g/mol. The average Bonchev–Trinajstić information content (AvgIpc) is 2.89. The molecule has 2 aromatic rings. The standard InChI is InChI=1S/C27H36N4O4/c1-3-30(4-2)25(32)20-29-15-17-31(18-16-29)26(33)24(19-22-11-7-5-8-12-22)28-27(34)35-21-23-13-9-6-10-14-23/h5-14,24H,3-4,15-21H2,1-2H3,(H,28,34)/t24-/m0/s1. The van der Waals surface area contributed by atoms with Gasteiger partial charge in [-0.1, -0.05) is 60.7 Å². The summed E-state index contributed by atoms with van der Waals surface area (Å²) in [6, 6.07) is 18.3. The van der Waals surface area contributed by atoms with E-state index in [4.69, 9.17) is 4.74 Å². The van der Waals surface area contributed by atoms with Crippen LogP contribution in [0.1, 0.15) is 25.0 Å². The zero-order valence-corrected chi connectivity index (χ0v) is 20.7. The Kier molecular flexibility index (Phi) is 10.1. The van der Waals surface area contributed by atoms with Gasteiger partial charge < -0.3 is 19.9 Å². The van der Waals surface area contributed by atoms with Crippen LogP contribution in [0.2, 0.25) is 0 Å². The van der Waals surface area contributed by atoms with Crippen LogP contribution in [-0.4, -0.2) is 84.5 Å². The van der Waals surface area contributed by atoms with Crippen LogP contribution in [0.15, 0.2) is 60.7 Å². The molecule has 0 saturated carbocycles. The van der Waals surface area contributed by atoms with Gasteiger partial charge in [0.1, 0.15) is 12.6 Å². The Bertz CT molecular complexity index is 942. The number of ether oxygens (including phenoxy) is 1. The second kappa shape index (κ2) is 13.5. The normalized spacial score (nSPS) is 14.7. The first-order valence-electron chi connectivity index (χ1n) is 12.3. The van der Waals surface area contributed by atoms with Crippen molar-refractivity contribution in [3.63, 3.8) is 0 Å². The Morgan fingerprint density at radius 3 is 2.03 bits per heavy atom. The molecule has 1 atom stereocenters. The molecule has 1 N–H and O–H groups in total. The van der Waals surface area contributed by atoms with Gasteiger partial charge in [-0.15, -0.1) is 0 Å². The van der Waals surface area contributed by atoms with Crippen molar-refractivity contribution in [2.24, 2.45) is 0 Å². The van der Waals surface area contributed by atoms with Crippen LogP contribution < -0.4 is 5.32 Å². The van der Waals surface area contributed by atoms with Crippen LogP contribution in [0.3, 0.4) is 0 Å². The molecule has 0 aromatic heterocycles. The number of carbonyl (C=O) groups excluding carboxylic acids is 3. The largest absolute Gasteiger partial charge is 0.445 e. The van der Waals surface area contributed by atoms with E-state index in [0.717, 1.165) is 11.1 Å². The molecule has 0 bridgehead atoms. The third kappa shape index (κ3) is 8.10. The van der Waals surface area contributed by atoms with E-state index in [1.54, 1.807) is 4.90 Å². The Morgan fingerprint density at radius 2 is 1.46 bits per heavy atom. The molecule has 3 amide bonds. The summed E-state index contributed by atoms with van der Waals surface area (Å²) in [5.74, 6) is -0.0280. The van der Waals surface area contributed by atoms with Gasteiger partial charge in [-0.25, -0.2) is 4.79 Å². The molecule has 1 saturated heterocycles. The maximum absolute atomic E-state index is 13.4. The van der Waals surface area contributed by atoms with Crippen LogP contribution in [0.25, 0.3) is 0 Å². The summed E-state index contributed by atoms with van der Waals surface area (Å²) in [5.41, 5.74) is 1.83. The van der Waals surface area contributed by atoms with E-state index in [2.05, 4.69) is 10.2 Å². The zero-order valence-electron chi connectivity index (χ0n) is 20.7. The van der Waals surface area contributed by atoms with E-state index < -0.39 is 12.1 Å². The van der Waals surface area contributed by atoms with Gasteiger partial charge >= 0.3 is 6.09 Å². The fraction of sp³-hybridized carbons (Fsp3) is 0.444. The highest BCUT2D eigenvalue weighted by molar-refractivity contribution is 5.86. The summed E-state index contributed by atoms with van der Waals surface area (Å²) in [6.45, 7) is 8.10. The van der Waals surface area contributed by atoms with Gasteiger partial charge in [0.05, 0.1) is 6.54 Å². The molecule has 0 aliphatic carbocycles. The molecule has 1 aliphatic heterocycles. The second-order valence-electron chi connectivity index (χ2n) is 8.62. The first-order valence-corrected chi connectivity index (χ1v) is 12.3.